The highest BCUT2D eigenvalue weighted by Crippen LogP contribution is 2.20. The molecule has 7 nitrogen and oxygen atoms in total. The minimum absolute atomic E-state index is 0.140. The van der Waals surface area contributed by atoms with Crippen LogP contribution in [0.15, 0.2) is 30.7 Å². The summed E-state index contributed by atoms with van der Waals surface area (Å²) in [7, 11) is 1.89. The maximum Gasteiger partial charge on any atom is 0.222 e. The quantitative estimate of drug-likeness (QED) is 0.775. The summed E-state index contributed by atoms with van der Waals surface area (Å²) in [5.74, 6) is 0.140. The minimum atomic E-state index is -0.562. The lowest BCUT2D eigenvalue weighted by Crippen LogP contribution is -2.38. The molecule has 0 radical (unpaired) electrons. The van der Waals surface area contributed by atoms with Crippen LogP contribution < -0.4 is 5.32 Å². The number of hydrogen-bond acceptors (Lipinski definition) is 5. The van der Waals surface area contributed by atoms with Crippen molar-refractivity contribution in [3.05, 3.63) is 36.3 Å². The fourth-order valence-corrected chi connectivity index (χ4v) is 3.01. The average Bonchev–Trinajstić information content (AvgIpc) is 3.14. The second-order valence-electron chi connectivity index (χ2n) is 6.14. The van der Waals surface area contributed by atoms with Crippen molar-refractivity contribution < 1.29 is 9.90 Å². The first kappa shape index (κ1) is 16.6. The first-order chi connectivity index (χ1) is 11.6. The number of β-amino-alcohol motifs (C(OH)–C–C–N with tert-alkyl or cyclic N) is 1. The van der Waals surface area contributed by atoms with Crippen molar-refractivity contribution in [1.82, 2.24) is 25.0 Å². The molecule has 128 valence electrons. The number of aromatic nitrogens is 3. The predicted molar refractivity (Wildman–Crippen MR) is 90.0 cm³/mol. The number of carbonyl (C=O) groups excluding carboxylic acids is 1. The SMILES string of the molecule is Cn1cc(CNC[C@@H](O)CN2CCCC2=O)c(-c2ccncc2)n1. The maximum absolute atomic E-state index is 11.6. The van der Waals surface area contributed by atoms with Crippen LogP contribution in [0.4, 0.5) is 0 Å². The van der Waals surface area contributed by atoms with Crippen LogP contribution in [0.5, 0.6) is 0 Å². The van der Waals surface area contributed by atoms with Crippen molar-refractivity contribution in [3.8, 4) is 11.3 Å². The van der Waals surface area contributed by atoms with Gasteiger partial charge in [-0.2, -0.15) is 5.10 Å². The summed E-state index contributed by atoms with van der Waals surface area (Å²) in [4.78, 5) is 17.4. The van der Waals surface area contributed by atoms with Crippen LogP contribution in [0.1, 0.15) is 18.4 Å². The van der Waals surface area contributed by atoms with Gasteiger partial charge in [0.25, 0.3) is 0 Å². The summed E-state index contributed by atoms with van der Waals surface area (Å²) in [6, 6.07) is 3.86. The Balaban J connectivity index is 1.54. The Hall–Kier alpha value is -2.25. The van der Waals surface area contributed by atoms with E-state index in [1.54, 1.807) is 22.0 Å². The van der Waals surface area contributed by atoms with Crippen LogP contribution in [0, 0.1) is 0 Å². The Morgan fingerprint density at radius 2 is 2.17 bits per heavy atom. The zero-order valence-corrected chi connectivity index (χ0v) is 13.9. The molecule has 1 amide bonds. The van der Waals surface area contributed by atoms with Gasteiger partial charge < -0.3 is 15.3 Å². The van der Waals surface area contributed by atoms with Gasteiger partial charge in [-0.15, -0.1) is 0 Å². The molecule has 2 aromatic rings. The van der Waals surface area contributed by atoms with E-state index < -0.39 is 6.10 Å². The van der Waals surface area contributed by atoms with Gasteiger partial charge in [-0.3, -0.25) is 14.5 Å². The summed E-state index contributed by atoms with van der Waals surface area (Å²) in [6.45, 7) is 2.20. The Morgan fingerprint density at radius 1 is 1.38 bits per heavy atom. The second-order valence-corrected chi connectivity index (χ2v) is 6.14. The molecular formula is C17H23N5O2. The molecule has 1 aliphatic rings. The highest BCUT2D eigenvalue weighted by Gasteiger charge is 2.22. The van der Waals surface area contributed by atoms with Crippen molar-refractivity contribution in [2.45, 2.75) is 25.5 Å². The molecule has 0 saturated carbocycles. The number of pyridine rings is 1. The van der Waals surface area contributed by atoms with Gasteiger partial charge in [0.05, 0.1) is 11.8 Å². The average molecular weight is 329 g/mol. The fourth-order valence-electron chi connectivity index (χ4n) is 3.01. The van der Waals surface area contributed by atoms with E-state index in [0.29, 0.717) is 26.1 Å². The van der Waals surface area contributed by atoms with Gasteiger partial charge in [0.2, 0.25) is 5.91 Å². The number of amides is 1. The lowest BCUT2D eigenvalue weighted by atomic mass is 10.1. The van der Waals surface area contributed by atoms with Gasteiger partial charge in [0, 0.05) is 69.4 Å². The van der Waals surface area contributed by atoms with E-state index in [1.807, 2.05) is 25.4 Å². The van der Waals surface area contributed by atoms with Crippen molar-refractivity contribution in [2.75, 3.05) is 19.6 Å². The van der Waals surface area contributed by atoms with Gasteiger partial charge in [-0.25, -0.2) is 0 Å². The molecule has 0 spiro atoms. The van der Waals surface area contributed by atoms with Crippen molar-refractivity contribution in [3.63, 3.8) is 0 Å². The van der Waals surface area contributed by atoms with Gasteiger partial charge in [-0.1, -0.05) is 0 Å². The van der Waals surface area contributed by atoms with Gasteiger partial charge in [-0.05, 0) is 18.6 Å². The molecule has 1 fully saturated rings. The summed E-state index contributed by atoms with van der Waals surface area (Å²) in [5, 5.41) is 17.9. The molecule has 2 aromatic heterocycles. The number of aliphatic hydroxyl groups excluding tert-OH is 1. The van der Waals surface area contributed by atoms with Crippen molar-refractivity contribution >= 4 is 5.91 Å². The standard InChI is InChI=1S/C17H23N5O2/c1-21-11-14(17(20-21)13-4-6-18-7-5-13)9-19-10-15(23)12-22-8-2-3-16(22)24/h4-7,11,15,19,23H,2-3,8-10,12H2,1H3/t15-/m1/s1. The Kier molecular flexibility index (Phi) is 5.22. The molecule has 0 aromatic carbocycles. The third-order valence-corrected chi connectivity index (χ3v) is 4.16. The lowest BCUT2D eigenvalue weighted by molar-refractivity contribution is -0.128. The minimum Gasteiger partial charge on any atom is -0.390 e. The molecule has 24 heavy (non-hydrogen) atoms. The van der Waals surface area contributed by atoms with E-state index in [9.17, 15) is 9.90 Å². The van der Waals surface area contributed by atoms with Crippen molar-refractivity contribution in [2.24, 2.45) is 7.05 Å². The number of aryl methyl sites for hydroxylation is 1. The monoisotopic (exact) mass is 329 g/mol. The molecule has 1 atom stereocenters. The van der Waals surface area contributed by atoms with Crippen LogP contribution >= 0.6 is 0 Å². The van der Waals surface area contributed by atoms with E-state index in [2.05, 4.69) is 15.4 Å². The van der Waals surface area contributed by atoms with Crippen LogP contribution in [0.2, 0.25) is 0 Å². The molecule has 1 aliphatic heterocycles. The zero-order chi connectivity index (χ0) is 16.9. The van der Waals surface area contributed by atoms with Crippen LogP contribution in [-0.4, -0.2) is 56.4 Å². The first-order valence-electron chi connectivity index (χ1n) is 8.23. The molecular weight excluding hydrogens is 306 g/mol. The summed E-state index contributed by atoms with van der Waals surface area (Å²) in [6.07, 6.45) is 6.40. The summed E-state index contributed by atoms with van der Waals surface area (Å²) >= 11 is 0. The highest BCUT2D eigenvalue weighted by atomic mass is 16.3. The molecule has 3 heterocycles. The van der Waals surface area contributed by atoms with E-state index in [-0.39, 0.29) is 5.91 Å². The highest BCUT2D eigenvalue weighted by molar-refractivity contribution is 5.78. The normalized spacial score (nSPS) is 15.9. The molecule has 3 rings (SSSR count). The zero-order valence-electron chi connectivity index (χ0n) is 13.9. The lowest BCUT2D eigenvalue weighted by Gasteiger charge is -2.20. The molecule has 7 heteroatoms. The molecule has 0 aliphatic carbocycles. The third-order valence-electron chi connectivity index (χ3n) is 4.16. The van der Waals surface area contributed by atoms with Gasteiger partial charge in [0.15, 0.2) is 0 Å². The number of hydrogen-bond donors (Lipinski definition) is 2. The molecule has 1 saturated heterocycles. The predicted octanol–water partition coefficient (Wildman–Crippen LogP) is 0.555. The molecule has 0 bridgehead atoms. The van der Waals surface area contributed by atoms with Crippen molar-refractivity contribution in [1.29, 1.82) is 0 Å². The van der Waals surface area contributed by atoms with Crippen LogP contribution in [-0.2, 0) is 18.4 Å². The number of nitrogens with one attached hydrogen (secondary N) is 1. The number of rotatable bonds is 7. The number of carbonyl (C=O) groups is 1. The first-order valence-corrected chi connectivity index (χ1v) is 8.23. The fraction of sp³-hybridized carbons (Fsp3) is 0.471. The molecule has 0 unspecified atom stereocenters. The summed E-state index contributed by atoms with van der Waals surface area (Å²) in [5.41, 5.74) is 3.00. The van der Waals surface area contributed by atoms with Crippen LogP contribution in [0.3, 0.4) is 0 Å². The summed E-state index contributed by atoms with van der Waals surface area (Å²) < 4.78 is 1.78. The second kappa shape index (κ2) is 7.55. The Bertz CT molecular complexity index is 686. The van der Waals surface area contributed by atoms with E-state index >= 15 is 0 Å². The maximum atomic E-state index is 11.6. The van der Waals surface area contributed by atoms with E-state index in [1.165, 1.54) is 0 Å². The molecule has 2 N–H and O–H groups in total. The largest absolute Gasteiger partial charge is 0.390 e. The topological polar surface area (TPSA) is 83.3 Å². The number of aliphatic hydroxyl groups is 1. The smallest absolute Gasteiger partial charge is 0.222 e. The Morgan fingerprint density at radius 3 is 2.88 bits per heavy atom. The van der Waals surface area contributed by atoms with E-state index in [4.69, 9.17) is 0 Å². The Labute approximate surface area is 141 Å². The van der Waals surface area contributed by atoms with Gasteiger partial charge in [0.1, 0.15) is 0 Å². The van der Waals surface area contributed by atoms with E-state index in [0.717, 1.165) is 29.8 Å². The van der Waals surface area contributed by atoms with Gasteiger partial charge >= 0.3 is 0 Å². The number of nitrogens with zero attached hydrogens (tertiary/aromatic N) is 4. The third kappa shape index (κ3) is 3.98. The number of likely N-dealkylation sites (tertiary alicyclic amines) is 1. The van der Waals surface area contributed by atoms with Crippen LogP contribution in [0.25, 0.3) is 11.3 Å².